The number of aromatic nitrogens is 2. The predicted molar refractivity (Wildman–Crippen MR) is 103 cm³/mol. The van der Waals surface area contributed by atoms with E-state index in [2.05, 4.69) is 10.1 Å². The Morgan fingerprint density at radius 2 is 1.81 bits per heavy atom. The van der Waals surface area contributed by atoms with Gasteiger partial charge < -0.3 is 9.47 Å². The molecule has 1 heterocycles. The Hall–Kier alpha value is -2.60. The molecule has 0 aliphatic rings. The van der Waals surface area contributed by atoms with Crippen molar-refractivity contribution in [3.05, 3.63) is 45.6 Å². The molecule has 2 aromatic rings. The van der Waals surface area contributed by atoms with Gasteiger partial charge in [-0.1, -0.05) is 17.2 Å². The summed E-state index contributed by atoms with van der Waals surface area (Å²) < 4.78 is 12.1. The van der Waals surface area contributed by atoms with E-state index in [-0.39, 0.29) is 5.90 Å². The van der Waals surface area contributed by atoms with E-state index in [0.717, 1.165) is 22.4 Å². The van der Waals surface area contributed by atoms with Crippen LogP contribution >= 0.6 is 11.6 Å². The highest BCUT2D eigenvalue weighted by molar-refractivity contribution is 6.30. The summed E-state index contributed by atoms with van der Waals surface area (Å²) >= 11 is 6.09. The number of carbonyl (C=O) groups is 1. The molecule has 0 saturated heterocycles. The van der Waals surface area contributed by atoms with E-state index in [9.17, 15) is 4.79 Å². The number of carbonyl (C=O) groups excluding carboxylic acids is 1. The number of aryl methyl sites for hydroxylation is 2. The van der Waals surface area contributed by atoms with Crippen molar-refractivity contribution in [2.75, 3.05) is 7.11 Å². The summed E-state index contributed by atoms with van der Waals surface area (Å²) in [7, 11) is 1.53. The van der Waals surface area contributed by atoms with Crippen LogP contribution in [0.4, 0.5) is 5.69 Å². The molecule has 1 aromatic carbocycles. The molecule has 0 amide bonds. The van der Waals surface area contributed by atoms with Crippen LogP contribution in [0.5, 0.6) is 5.88 Å². The predicted octanol–water partition coefficient (Wildman–Crippen LogP) is 4.68. The van der Waals surface area contributed by atoms with Gasteiger partial charge in [-0.25, -0.2) is 9.67 Å². The highest BCUT2D eigenvalue weighted by Gasteiger charge is 2.19. The molecule has 1 aromatic heterocycles. The highest BCUT2D eigenvalue weighted by atomic mass is 35.5. The number of halogens is 1. The largest absolute Gasteiger partial charge is 0.480 e. The Balaban J connectivity index is 2.71. The van der Waals surface area contributed by atoms with E-state index in [1.54, 1.807) is 10.7 Å². The summed E-state index contributed by atoms with van der Waals surface area (Å²) in [4.78, 5) is 15.7. The van der Waals surface area contributed by atoms with Crippen LogP contribution in [0.15, 0.2) is 28.8 Å². The first-order chi connectivity index (χ1) is 12.3. The van der Waals surface area contributed by atoms with Crippen molar-refractivity contribution in [1.82, 2.24) is 9.78 Å². The van der Waals surface area contributed by atoms with Crippen molar-refractivity contribution in [3.8, 4) is 5.88 Å². The van der Waals surface area contributed by atoms with E-state index in [1.165, 1.54) is 7.11 Å². The zero-order valence-corrected chi connectivity index (χ0v) is 16.5. The van der Waals surface area contributed by atoms with Gasteiger partial charge >= 0.3 is 0 Å². The summed E-state index contributed by atoms with van der Waals surface area (Å²) in [6.07, 6.45) is 0. The maximum atomic E-state index is 11.1. The first-order valence-electron chi connectivity index (χ1n) is 8.03. The topological polar surface area (TPSA) is 65.7 Å². The first-order valence-corrected chi connectivity index (χ1v) is 8.40. The third-order valence-electron chi connectivity index (χ3n) is 3.99. The fraction of sp³-hybridized carbons (Fsp3) is 0.316. The summed E-state index contributed by atoms with van der Waals surface area (Å²) in [6.45, 7) is 10.0. The minimum absolute atomic E-state index is 0.130. The first kappa shape index (κ1) is 19.7. The molecule has 6 nitrogen and oxygen atoms in total. The number of ether oxygens (including phenoxy) is 2. The van der Waals surface area contributed by atoms with Crippen LogP contribution in [0.2, 0.25) is 5.02 Å². The molecule has 0 spiro atoms. The third kappa shape index (κ3) is 4.14. The van der Waals surface area contributed by atoms with E-state index >= 15 is 0 Å². The third-order valence-corrected chi connectivity index (χ3v) is 4.20. The Kier molecular flexibility index (Phi) is 6.21. The van der Waals surface area contributed by atoms with Gasteiger partial charge in [-0.3, -0.25) is 4.79 Å². The molecule has 0 radical (unpaired) electrons. The maximum Gasteiger partial charge on any atom is 0.299 e. The van der Waals surface area contributed by atoms with E-state index < -0.39 is 0 Å². The quantitative estimate of drug-likeness (QED) is 0.432. The van der Waals surface area contributed by atoms with Crippen LogP contribution in [-0.4, -0.2) is 29.3 Å². The number of hydrogen-bond acceptors (Lipinski definition) is 5. The van der Waals surface area contributed by atoms with Gasteiger partial charge in [0.15, 0.2) is 0 Å². The molecule has 0 aliphatic heterocycles. The van der Waals surface area contributed by atoms with Crippen LogP contribution in [0.25, 0.3) is 5.70 Å². The molecular weight excluding hydrogens is 354 g/mol. The van der Waals surface area contributed by atoms with Gasteiger partial charge in [0.2, 0.25) is 11.8 Å². The van der Waals surface area contributed by atoms with Crippen molar-refractivity contribution >= 4 is 35.4 Å². The lowest BCUT2D eigenvalue weighted by Crippen LogP contribution is -2.13. The standard InChI is InChI=1S/C19H22ClN3O3/c1-11(2)14(5)23-16(9-17(22-23)25-6)19(26-10-24)21-18-12(3)7-15(20)8-13(18)4/h7-10H,1-6H3. The number of methoxy groups -OCH3 is 1. The molecule has 2 rings (SSSR count). The van der Waals surface area contributed by atoms with Gasteiger partial charge in [0, 0.05) is 16.8 Å². The SMILES string of the molecule is COc1cc(C(=Nc2c(C)cc(Cl)cc2C)OC=O)n(C(C)=C(C)C)n1. The number of aliphatic imine (C=N–C) groups is 1. The van der Waals surface area contributed by atoms with Crippen LogP contribution in [0.1, 0.15) is 37.6 Å². The number of rotatable bonds is 5. The van der Waals surface area contributed by atoms with Gasteiger partial charge in [0.25, 0.3) is 6.47 Å². The van der Waals surface area contributed by atoms with Gasteiger partial charge in [0.1, 0.15) is 5.69 Å². The second kappa shape index (κ2) is 8.19. The molecule has 0 saturated carbocycles. The van der Waals surface area contributed by atoms with Crippen LogP contribution < -0.4 is 4.74 Å². The lowest BCUT2D eigenvalue weighted by Gasteiger charge is -2.11. The van der Waals surface area contributed by atoms with Crippen molar-refractivity contribution in [3.63, 3.8) is 0 Å². The molecule has 0 fully saturated rings. The van der Waals surface area contributed by atoms with Crippen molar-refractivity contribution in [1.29, 1.82) is 0 Å². The van der Waals surface area contributed by atoms with E-state index in [4.69, 9.17) is 21.1 Å². The Morgan fingerprint density at radius 1 is 1.19 bits per heavy atom. The van der Waals surface area contributed by atoms with Gasteiger partial charge in [0.05, 0.1) is 12.8 Å². The molecule has 0 atom stereocenters. The molecule has 26 heavy (non-hydrogen) atoms. The lowest BCUT2D eigenvalue weighted by atomic mass is 10.1. The van der Waals surface area contributed by atoms with Crippen molar-refractivity contribution < 1.29 is 14.3 Å². The second-order valence-electron chi connectivity index (χ2n) is 6.09. The Morgan fingerprint density at radius 3 is 2.31 bits per heavy atom. The molecule has 0 aliphatic carbocycles. The minimum atomic E-state index is 0.130. The Bertz CT molecular complexity index is 870. The minimum Gasteiger partial charge on any atom is -0.480 e. The summed E-state index contributed by atoms with van der Waals surface area (Å²) in [5, 5.41) is 5.02. The van der Waals surface area contributed by atoms with Gasteiger partial charge in [-0.2, -0.15) is 0 Å². The molecule has 0 N–H and O–H groups in total. The average molecular weight is 376 g/mol. The molecular formula is C19H22ClN3O3. The van der Waals surface area contributed by atoms with Crippen LogP contribution in [-0.2, 0) is 9.53 Å². The maximum absolute atomic E-state index is 11.1. The number of hydrogen-bond donors (Lipinski definition) is 0. The smallest absolute Gasteiger partial charge is 0.299 e. The van der Waals surface area contributed by atoms with Crippen molar-refractivity contribution in [2.45, 2.75) is 34.6 Å². The van der Waals surface area contributed by atoms with Gasteiger partial charge in [-0.05, 0) is 57.9 Å². The fourth-order valence-electron chi connectivity index (χ4n) is 2.45. The zero-order chi connectivity index (χ0) is 19.4. The monoisotopic (exact) mass is 375 g/mol. The summed E-state index contributed by atoms with van der Waals surface area (Å²) in [5.74, 6) is 0.525. The van der Waals surface area contributed by atoms with E-state index in [0.29, 0.717) is 28.8 Å². The number of allylic oxidation sites excluding steroid dienone is 2. The number of benzene rings is 1. The van der Waals surface area contributed by atoms with Crippen LogP contribution in [0, 0.1) is 13.8 Å². The molecule has 138 valence electrons. The summed E-state index contributed by atoms with van der Waals surface area (Å²) in [6, 6.07) is 5.30. The lowest BCUT2D eigenvalue weighted by molar-refractivity contribution is -0.121. The zero-order valence-electron chi connectivity index (χ0n) is 15.8. The van der Waals surface area contributed by atoms with Gasteiger partial charge in [-0.15, -0.1) is 5.10 Å². The van der Waals surface area contributed by atoms with Crippen LogP contribution in [0.3, 0.4) is 0 Å². The number of nitrogens with zero attached hydrogens (tertiary/aromatic N) is 3. The molecule has 7 heteroatoms. The van der Waals surface area contributed by atoms with Crippen molar-refractivity contribution in [2.24, 2.45) is 4.99 Å². The van der Waals surface area contributed by atoms with E-state index in [1.807, 2.05) is 46.8 Å². The Labute approximate surface area is 158 Å². The summed E-state index contributed by atoms with van der Waals surface area (Å²) in [5.41, 5.74) is 4.89. The molecule has 0 unspecified atom stereocenters. The normalized spacial score (nSPS) is 11.3. The second-order valence-corrected chi connectivity index (χ2v) is 6.52. The average Bonchev–Trinajstić information content (AvgIpc) is 3.00. The molecule has 0 bridgehead atoms. The highest BCUT2D eigenvalue weighted by Crippen LogP contribution is 2.29. The fourth-order valence-corrected chi connectivity index (χ4v) is 2.78.